The molecule has 46 valence electrons. The van der Waals surface area contributed by atoms with E-state index in [0.717, 1.165) is 6.42 Å². The zero-order chi connectivity index (χ0) is 5.98. The molecule has 8 heavy (non-hydrogen) atoms. The van der Waals surface area contributed by atoms with Crippen LogP contribution in [0.25, 0.3) is 0 Å². The van der Waals surface area contributed by atoms with Gasteiger partial charge in [-0.15, -0.1) is 0 Å². The van der Waals surface area contributed by atoms with Crippen molar-refractivity contribution in [2.45, 2.75) is 32.2 Å². The first kappa shape index (κ1) is 5.73. The highest BCUT2D eigenvalue weighted by molar-refractivity contribution is 4.78. The van der Waals surface area contributed by atoms with Gasteiger partial charge in [-0.25, -0.2) is 0 Å². The van der Waals surface area contributed by atoms with Gasteiger partial charge < -0.3 is 0 Å². The summed E-state index contributed by atoms with van der Waals surface area (Å²) in [6.45, 7) is 2.10. The summed E-state index contributed by atoms with van der Waals surface area (Å²) < 4.78 is 0. The predicted molar refractivity (Wildman–Crippen MR) is 32.6 cm³/mol. The lowest BCUT2D eigenvalue weighted by molar-refractivity contribution is 0.526. The van der Waals surface area contributed by atoms with Gasteiger partial charge in [0.15, 0.2) is 0 Å². The number of hydrogen-bond acceptors (Lipinski definition) is 2. The molecule has 1 aliphatic rings. The highest BCUT2D eigenvalue weighted by Gasteiger charge is 2.23. The first-order valence-corrected chi connectivity index (χ1v) is 3.17. The Morgan fingerprint density at radius 1 is 1.50 bits per heavy atom. The summed E-state index contributed by atoms with van der Waals surface area (Å²) in [5, 5.41) is 3.02. The Kier molecular flexibility index (Phi) is 1.61. The van der Waals surface area contributed by atoms with Crippen molar-refractivity contribution in [2.75, 3.05) is 0 Å². The van der Waals surface area contributed by atoms with Gasteiger partial charge in [-0.05, 0) is 18.8 Å². The number of hydrogen-bond donors (Lipinski definition) is 0. The summed E-state index contributed by atoms with van der Waals surface area (Å²) in [6, 6.07) is 0.134. The zero-order valence-electron chi connectivity index (χ0n) is 5.13. The van der Waals surface area contributed by atoms with Crippen molar-refractivity contribution < 1.29 is 0 Å². The molecule has 0 spiro atoms. The summed E-state index contributed by atoms with van der Waals surface area (Å²) in [5.74, 6) is 0.549. The highest BCUT2D eigenvalue weighted by Crippen LogP contribution is 2.26. The Morgan fingerprint density at radius 3 is 2.50 bits per heavy atom. The van der Waals surface area contributed by atoms with E-state index in [1.807, 2.05) is 0 Å². The van der Waals surface area contributed by atoms with Crippen LogP contribution in [0.5, 0.6) is 0 Å². The molecule has 2 unspecified atom stereocenters. The standard InChI is InChI=1S/C6H11NO/c1-5-3-2-4-6(5)7-8/h5-6H,2-4H2,1H3. The lowest BCUT2D eigenvalue weighted by atomic mass is 10.1. The zero-order valence-corrected chi connectivity index (χ0v) is 5.13. The maximum atomic E-state index is 9.97. The second kappa shape index (κ2) is 2.25. The van der Waals surface area contributed by atoms with Gasteiger partial charge >= 0.3 is 0 Å². The molecule has 2 heteroatoms. The first-order chi connectivity index (χ1) is 3.84. The van der Waals surface area contributed by atoms with Crippen LogP contribution in [0, 0.1) is 10.8 Å². The number of nitroso groups, excluding NO2 is 1. The molecule has 0 aromatic rings. The van der Waals surface area contributed by atoms with Gasteiger partial charge in [0, 0.05) is 0 Å². The number of rotatable bonds is 1. The Labute approximate surface area is 49.3 Å². The van der Waals surface area contributed by atoms with Crippen LogP contribution in [-0.4, -0.2) is 6.04 Å². The molecule has 0 aliphatic heterocycles. The Balaban J connectivity index is 2.41. The maximum Gasteiger partial charge on any atom is 0.0945 e. The van der Waals surface area contributed by atoms with Crippen LogP contribution in [0.2, 0.25) is 0 Å². The van der Waals surface area contributed by atoms with Crippen molar-refractivity contribution in [2.24, 2.45) is 11.1 Å². The van der Waals surface area contributed by atoms with Crippen molar-refractivity contribution >= 4 is 0 Å². The fourth-order valence-electron chi connectivity index (χ4n) is 1.28. The Hall–Kier alpha value is -0.400. The third kappa shape index (κ3) is 0.881. The van der Waals surface area contributed by atoms with Crippen molar-refractivity contribution in [1.29, 1.82) is 0 Å². The van der Waals surface area contributed by atoms with E-state index in [-0.39, 0.29) is 6.04 Å². The second-order valence-corrected chi connectivity index (χ2v) is 2.58. The van der Waals surface area contributed by atoms with Gasteiger partial charge in [-0.3, -0.25) is 0 Å². The smallest absolute Gasteiger partial charge is 0.0945 e. The fraction of sp³-hybridized carbons (Fsp3) is 1.00. The molecule has 1 fully saturated rings. The summed E-state index contributed by atoms with van der Waals surface area (Å²) >= 11 is 0. The van der Waals surface area contributed by atoms with Crippen LogP contribution < -0.4 is 0 Å². The van der Waals surface area contributed by atoms with Gasteiger partial charge in [-0.2, -0.15) is 4.91 Å². The molecular formula is C6H11NO. The molecule has 0 amide bonds. The molecular weight excluding hydrogens is 102 g/mol. The van der Waals surface area contributed by atoms with E-state index in [0.29, 0.717) is 5.92 Å². The average Bonchev–Trinajstić information content (AvgIpc) is 2.14. The van der Waals surface area contributed by atoms with Crippen molar-refractivity contribution in [1.82, 2.24) is 0 Å². The van der Waals surface area contributed by atoms with Gasteiger partial charge in [-0.1, -0.05) is 18.5 Å². The first-order valence-electron chi connectivity index (χ1n) is 3.17. The maximum absolute atomic E-state index is 9.97. The van der Waals surface area contributed by atoms with Gasteiger partial charge in [0.05, 0.1) is 6.04 Å². The van der Waals surface area contributed by atoms with Crippen LogP contribution >= 0.6 is 0 Å². The van der Waals surface area contributed by atoms with Crippen LogP contribution in [0.15, 0.2) is 5.18 Å². The minimum Gasteiger partial charge on any atom is -0.151 e. The molecule has 1 saturated carbocycles. The Morgan fingerprint density at radius 2 is 2.25 bits per heavy atom. The van der Waals surface area contributed by atoms with Crippen molar-refractivity contribution in [3.8, 4) is 0 Å². The molecule has 0 saturated heterocycles. The minimum atomic E-state index is 0.134. The molecule has 1 aliphatic carbocycles. The van der Waals surface area contributed by atoms with E-state index in [2.05, 4.69) is 12.1 Å². The van der Waals surface area contributed by atoms with E-state index in [1.165, 1.54) is 12.8 Å². The lowest BCUT2D eigenvalue weighted by Gasteiger charge is -2.02. The SMILES string of the molecule is CC1CCCC1N=O. The van der Waals surface area contributed by atoms with E-state index >= 15 is 0 Å². The second-order valence-electron chi connectivity index (χ2n) is 2.58. The molecule has 0 N–H and O–H groups in total. The summed E-state index contributed by atoms with van der Waals surface area (Å²) in [6.07, 6.45) is 3.40. The van der Waals surface area contributed by atoms with E-state index in [9.17, 15) is 4.91 Å². The quantitative estimate of drug-likeness (QED) is 0.478. The van der Waals surface area contributed by atoms with E-state index in [4.69, 9.17) is 0 Å². The summed E-state index contributed by atoms with van der Waals surface area (Å²) in [5.41, 5.74) is 0. The van der Waals surface area contributed by atoms with Crippen molar-refractivity contribution in [3.05, 3.63) is 4.91 Å². The van der Waals surface area contributed by atoms with Crippen LogP contribution in [-0.2, 0) is 0 Å². The average molecular weight is 113 g/mol. The molecule has 0 bridgehead atoms. The highest BCUT2D eigenvalue weighted by atomic mass is 16.3. The lowest BCUT2D eigenvalue weighted by Crippen LogP contribution is -2.05. The van der Waals surface area contributed by atoms with E-state index in [1.54, 1.807) is 0 Å². The molecule has 0 aromatic heterocycles. The van der Waals surface area contributed by atoms with Gasteiger partial charge in [0.1, 0.15) is 0 Å². The van der Waals surface area contributed by atoms with Crippen LogP contribution in [0.1, 0.15) is 26.2 Å². The van der Waals surface area contributed by atoms with E-state index < -0.39 is 0 Å². The third-order valence-corrected chi connectivity index (χ3v) is 1.95. The van der Waals surface area contributed by atoms with Gasteiger partial charge in [0.25, 0.3) is 0 Å². The largest absolute Gasteiger partial charge is 0.151 e. The molecule has 2 nitrogen and oxygen atoms in total. The third-order valence-electron chi connectivity index (χ3n) is 1.95. The molecule has 0 aromatic carbocycles. The number of nitrogens with zero attached hydrogens (tertiary/aromatic N) is 1. The van der Waals surface area contributed by atoms with Crippen LogP contribution in [0.4, 0.5) is 0 Å². The predicted octanol–water partition coefficient (Wildman–Crippen LogP) is 1.94. The molecule has 2 atom stereocenters. The van der Waals surface area contributed by atoms with Crippen molar-refractivity contribution in [3.63, 3.8) is 0 Å². The summed E-state index contributed by atoms with van der Waals surface area (Å²) in [4.78, 5) is 9.97. The summed E-state index contributed by atoms with van der Waals surface area (Å²) in [7, 11) is 0. The molecule has 0 radical (unpaired) electrons. The topological polar surface area (TPSA) is 29.4 Å². The fourth-order valence-corrected chi connectivity index (χ4v) is 1.28. The Bertz CT molecular complexity index is 92.5. The monoisotopic (exact) mass is 113 g/mol. The van der Waals surface area contributed by atoms with Crippen LogP contribution in [0.3, 0.4) is 0 Å². The normalized spacial score (nSPS) is 37.6. The van der Waals surface area contributed by atoms with Gasteiger partial charge in [0.2, 0.25) is 0 Å². The molecule has 0 heterocycles. The molecule has 1 rings (SSSR count). The minimum absolute atomic E-state index is 0.134.